The van der Waals surface area contributed by atoms with Crippen LogP contribution in [0.1, 0.15) is 43.7 Å². The SMILES string of the molecule is CC(C)C#Cc1ccc2c(c1)O[C@H](CN(C)C(=O)c1cnccn1)[C@H](C)CN([C@H](C)CO)S2(=O)=O. The highest BCUT2D eigenvalue weighted by molar-refractivity contribution is 7.89. The van der Waals surface area contributed by atoms with E-state index in [1.165, 1.54) is 33.9 Å². The number of fused-ring (bicyclic) bond motifs is 1. The predicted octanol–water partition coefficient (Wildman–Crippen LogP) is 2.02. The molecule has 0 fully saturated rings. The molecule has 1 aromatic carbocycles. The summed E-state index contributed by atoms with van der Waals surface area (Å²) in [5.41, 5.74) is 0.837. The third-order valence-electron chi connectivity index (χ3n) is 5.76. The highest BCUT2D eigenvalue weighted by Crippen LogP contribution is 2.34. The van der Waals surface area contributed by atoms with Crippen LogP contribution >= 0.6 is 0 Å². The highest BCUT2D eigenvalue weighted by Gasteiger charge is 2.38. The molecule has 3 atom stereocenters. The van der Waals surface area contributed by atoms with E-state index >= 15 is 0 Å². The molecule has 0 spiro atoms. The number of amides is 1. The summed E-state index contributed by atoms with van der Waals surface area (Å²) >= 11 is 0. The van der Waals surface area contributed by atoms with E-state index in [1.807, 2.05) is 20.8 Å². The molecular formula is C25H32N4O5S. The van der Waals surface area contributed by atoms with E-state index in [0.717, 1.165) is 0 Å². The molecule has 0 saturated carbocycles. The monoisotopic (exact) mass is 500 g/mol. The van der Waals surface area contributed by atoms with Gasteiger partial charge in [-0.3, -0.25) is 9.78 Å². The number of rotatable bonds is 5. The zero-order valence-electron chi connectivity index (χ0n) is 20.7. The number of aliphatic hydroxyl groups excluding tert-OH is 1. The van der Waals surface area contributed by atoms with E-state index in [2.05, 4.69) is 21.8 Å². The van der Waals surface area contributed by atoms with Crippen molar-refractivity contribution in [2.75, 3.05) is 26.7 Å². The number of likely N-dealkylation sites (N-methyl/N-ethyl adjacent to an activating group) is 1. The van der Waals surface area contributed by atoms with E-state index in [9.17, 15) is 18.3 Å². The van der Waals surface area contributed by atoms with Gasteiger partial charge in [-0.05, 0) is 25.1 Å². The first-order valence-electron chi connectivity index (χ1n) is 11.5. The molecule has 0 unspecified atom stereocenters. The van der Waals surface area contributed by atoms with Crippen LogP contribution in [0.5, 0.6) is 5.75 Å². The van der Waals surface area contributed by atoms with Gasteiger partial charge in [-0.2, -0.15) is 4.31 Å². The van der Waals surface area contributed by atoms with Gasteiger partial charge in [0.2, 0.25) is 10.0 Å². The molecule has 0 radical (unpaired) electrons. The topological polar surface area (TPSA) is 113 Å². The van der Waals surface area contributed by atoms with Crippen LogP contribution in [0.25, 0.3) is 0 Å². The first-order valence-corrected chi connectivity index (χ1v) is 12.9. The van der Waals surface area contributed by atoms with Crippen LogP contribution in [0.3, 0.4) is 0 Å². The number of ether oxygens (including phenoxy) is 1. The van der Waals surface area contributed by atoms with Crippen LogP contribution in [0, 0.1) is 23.7 Å². The Balaban J connectivity index is 2.02. The molecule has 1 aliphatic rings. The molecule has 10 heteroatoms. The van der Waals surface area contributed by atoms with Crippen molar-refractivity contribution in [2.24, 2.45) is 11.8 Å². The molecule has 0 aliphatic carbocycles. The average Bonchev–Trinajstić information content (AvgIpc) is 2.84. The maximum absolute atomic E-state index is 13.5. The zero-order valence-corrected chi connectivity index (χ0v) is 21.5. The lowest BCUT2D eigenvalue weighted by atomic mass is 10.0. The molecule has 1 amide bonds. The van der Waals surface area contributed by atoms with Crippen LogP contribution in [0.2, 0.25) is 0 Å². The fraction of sp³-hybridized carbons (Fsp3) is 0.480. The molecule has 1 aliphatic heterocycles. The minimum atomic E-state index is -3.94. The largest absolute Gasteiger partial charge is 0.487 e. The van der Waals surface area contributed by atoms with E-state index in [1.54, 1.807) is 26.1 Å². The second-order valence-corrected chi connectivity index (χ2v) is 11.0. The smallest absolute Gasteiger partial charge is 0.273 e. The standard InChI is InChI=1S/C25H32N4O5S/c1-17(2)6-7-20-8-9-24-22(12-20)34-23(15-28(5)25(31)21-13-26-10-11-27-21)18(3)14-29(19(4)16-30)35(24,32)33/h8-13,17-19,23,30H,14-16H2,1-5H3/t18-,19-,23-/m1/s1. The lowest BCUT2D eigenvalue weighted by molar-refractivity contribution is 0.0559. The van der Waals surface area contributed by atoms with Crippen molar-refractivity contribution in [1.29, 1.82) is 0 Å². The summed E-state index contributed by atoms with van der Waals surface area (Å²) in [7, 11) is -2.30. The second kappa shape index (κ2) is 11.2. The van der Waals surface area contributed by atoms with Crippen molar-refractivity contribution >= 4 is 15.9 Å². The highest BCUT2D eigenvalue weighted by atomic mass is 32.2. The van der Waals surface area contributed by atoms with Gasteiger partial charge in [0.05, 0.1) is 19.3 Å². The summed E-state index contributed by atoms with van der Waals surface area (Å²) in [6.45, 7) is 7.46. The summed E-state index contributed by atoms with van der Waals surface area (Å²) in [5, 5.41) is 9.77. The summed E-state index contributed by atoms with van der Waals surface area (Å²) < 4.78 is 34.7. The Morgan fingerprint density at radius 2 is 2.06 bits per heavy atom. The Hall–Kier alpha value is -3.00. The third-order valence-corrected chi connectivity index (χ3v) is 7.77. The number of hydrogen-bond donors (Lipinski definition) is 1. The minimum absolute atomic E-state index is 0.00713. The van der Waals surface area contributed by atoms with Crippen molar-refractivity contribution in [3.63, 3.8) is 0 Å². The van der Waals surface area contributed by atoms with E-state index in [4.69, 9.17) is 4.74 Å². The average molecular weight is 501 g/mol. The fourth-order valence-corrected chi connectivity index (χ4v) is 5.53. The quantitative estimate of drug-likeness (QED) is 0.625. The van der Waals surface area contributed by atoms with Gasteiger partial charge in [0.25, 0.3) is 5.91 Å². The van der Waals surface area contributed by atoms with Gasteiger partial charge >= 0.3 is 0 Å². The molecule has 3 rings (SSSR count). The number of aliphatic hydroxyl groups is 1. The molecule has 0 bridgehead atoms. The number of carbonyl (C=O) groups excluding carboxylic acids is 1. The summed E-state index contributed by atoms with van der Waals surface area (Å²) in [6, 6.07) is 4.14. The normalized spacial score (nSPS) is 20.4. The van der Waals surface area contributed by atoms with Crippen molar-refractivity contribution in [3.05, 3.63) is 48.0 Å². The Morgan fingerprint density at radius 3 is 2.69 bits per heavy atom. The van der Waals surface area contributed by atoms with Gasteiger partial charge in [0, 0.05) is 49.4 Å². The summed E-state index contributed by atoms with van der Waals surface area (Å²) in [5.74, 6) is 5.83. The molecule has 2 aromatic rings. The maximum atomic E-state index is 13.5. The van der Waals surface area contributed by atoms with Gasteiger partial charge in [0.15, 0.2) is 0 Å². The fourth-order valence-electron chi connectivity index (χ4n) is 3.71. The minimum Gasteiger partial charge on any atom is -0.487 e. The predicted molar refractivity (Wildman–Crippen MR) is 131 cm³/mol. The van der Waals surface area contributed by atoms with Gasteiger partial charge in [-0.25, -0.2) is 13.4 Å². The molecule has 9 nitrogen and oxygen atoms in total. The van der Waals surface area contributed by atoms with Gasteiger partial charge < -0.3 is 14.7 Å². The second-order valence-electron chi connectivity index (χ2n) is 9.10. The molecule has 1 aromatic heterocycles. The number of nitrogens with zero attached hydrogens (tertiary/aromatic N) is 4. The lowest BCUT2D eigenvalue weighted by Crippen LogP contribution is -2.50. The molecular weight excluding hydrogens is 468 g/mol. The first-order chi connectivity index (χ1) is 16.5. The number of hydrogen-bond acceptors (Lipinski definition) is 7. The van der Waals surface area contributed by atoms with E-state index < -0.39 is 22.2 Å². The lowest BCUT2D eigenvalue weighted by Gasteiger charge is -2.37. The molecule has 0 saturated heterocycles. The first kappa shape index (κ1) is 26.6. The van der Waals surface area contributed by atoms with E-state index in [0.29, 0.717) is 5.56 Å². The van der Waals surface area contributed by atoms with Crippen molar-refractivity contribution in [1.82, 2.24) is 19.2 Å². The summed E-state index contributed by atoms with van der Waals surface area (Å²) in [4.78, 5) is 22.4. The molecule has 35 heavy (non-hydrogen) atoms. The Morgan fingerprint density at radius 1 is 1.31 bits per heavy atom. The van der Waals surface area contributed by atoms with Crippen LogP contribution in [0.15, 0.2) is 41.7 Å². The Kier molecular flexibility index (Phi) is 8.48. The molecule has 188 valence electrons. The maximum Gasteiger partial charge on any atom is 0.273 e. The third kappa shape index (κ3) is 6.17. The van der Waals surface area contributed by atoms with Crippen LogP contribution in [-0.2, 0) is 10.0 Å². The van der Waals surface area contributed by atoms with Crippen molar-refractivity contribution < 1.29 is 23.1 Å². The summed E-state index contributed by atoms with van der Waals surface area (Å²) in [6.07, 6.45) is 3.81. The van der Waals surface area contributed by atoms with Gasteiger partial charge in [-0.1, -0.05) is 32.6 Å². The Bertz CT molecular complexity index is 1210. The van der Waals surface area contributed by atoms with Crippen molar-refractivity contribution in [2.45, 2.75) is 44.7 Å². The van der Waals surface area contributed by atoms with Gasteiger partial charge in [0.1, 0.15) is 22.4 Å². The molecule has 1 N–H and O–H groups in total. The van der Waals surface area contributed by atoms with Crippen LogP contribution < -0.4 is 4.74 Å². The van der Waals surface area contributed by atoms with Gasteiger partial charge in [-0.15, -0.1) is 0 Å². The number of carbonyl (C=O) groups is 1. The van der Waals surface area contributed by atoms with Crippen LogP contribution in [-0.4, -0.2) is 77.5 Å². The zero-order chi connectivity index (χ0) is 25.8. The number of benzene rings is 1. The molecule has 2 heterocycles. The Labute approximate surface area is 207 Å². The van der Waals surface area contributed by atoms with Crippen LogP contribution in [0.4, 0.5) is 0 Å². The number of sulfonamides is 1. The van der Waals surface area contributed by atoms with E-state index in [-0.39, 0.29) is 53.8 Å². The van der Waals surface area contributed by atoms with Crippen molar-refractivity contribution in [3.8, 4) is 17.6 Å². The number of aromatic nitrogens is 2.